The molecule has 1 aromatic carbocycles. The first-order valence-corrected chi connectivity index (χ1v) is 6.83. The van der Waals surface area contributed by atoms with Gasteiger partial charge in [0.2, 0.25) is 0 Å². The largest absolute Gasteiger partial charge is 0.491 e. The van der Waals surface area contributed by atoms with Crippen LogP contribution in [-0.2, 0) is 4.74 Å². The van der Waals surface area contributed by atoms with Gasteiger partial charge in [-0.2, -0.15) is 0 Å². The molecule has 1 saturated heterocycles. The molecule has 1 N–H and O–H groups in total. The zero-order chi connectivity index (χ0) is 13.7. The quantitative estimate of drug-likeness (QED) is 0.873. The first-order valence-electron chi connectivity index (χ1n) is 6.83. The van der Waals surface area contributed by atoms with E-state index in [0.717, 1.165) is 18.8 Å². The lowest BCUT2D eigenvalue weighted by Gasteiger charge is -2.32. The molecular weight excluding hydrogens is 242 g/mol. The highest BCUT2D eigenvalue weighted by Gasteiger charge is 2.20. The lowest BCUT2D eigenvalue weighted by atomic mass is 10.1. The number of rotatable bonds is 5. The Hall–Kier alpha value is -1.10. The smallest absolute Gasteiger partial charge is 0.119 e. The molecule has 0 bridgehead atoms. The van der Waals surface area contributed by atoms with Gasteiger partial charge >= 0.3 is 0 Å². The highest BCUT2D eigenvalue weighted by Crippen LogP contribution is 2.17. The zero-order valence-electron chi connectivity index (χ0n) is 11.8. The monoisotopic (exact) mass is 265 g/mol. The molecule has 0 aliphatic carbocycles. The van der Waals surface area contributed by atoms with Gasteiger partial charge in [-0.3, -0.25) is 4.90 Å². The second-order valence-electron chi connectivity index (χ2n) is 5.15. The van der Waals surface area contributed by atoms with E-state index in [4.69, 9.17) is 14.6 Å². The van der Waals surface area contributed by atoms with E-state index >= 15 is 0 Å². The van der Waals surface area contributed by atoms with Crippen LogP contribution in [-0.4, -0.2) is 55.6 Å². The van der Waals surface area contributed by atoms with E-state index in [1.807, 2.05) is 12.1 Å². The van der Waals surface area contributed by atoms with Crippen LogP contribution in [0.3, 0.4) is 0 Å². The van der Waals surface area contributed by atoms with Gasteiger partial charge < -0.3 is 14.6 Å². The summed E-state index contributed by atoms with van der Waals surface area (Å²) in [5, 5.41) is 8.96. The number of morpholine rings is 1. The van der Waals surface area contributed by atoms with Crippen LogP contribution in [0.5, 0.6) is 5.75 Å². The Bertz CT molecular complexity index is 386. The van der Waals surface area contributed by atoms with E-state index in [1.54, 1.807) is 0 Å². The van der Waals surface area contributed by atoms with E-state index in [2.05, 4.69) is 24.8 Å². The number of hydrogen-bond acceptors (Lipinski definition) is 4. The topological polar surface area (TPSA) is 41.9 Å². The molecule has 4 nitrogen and oxygen atoms in total. The van der Waals surface area contributed by atoms with E-state index in [0.29, 0.717) is 19.8 Å². The van der Waals surface area contributed by atoms with Crippen molar-refractivity contribution in [3.05, 3.63) is 29.3 Å². The number of ether oxygens (including phenoxy) is 2. The van der Waals surface area contributed by atoms with Crippen molar-refractivity contribution in [3.63, 3.8) is 0 Å². The van der Waals surface area contributed by atoms with Gasteiger partial charge in [-0.15, -0.1) is 0 Å². The Balaban J connectivity index is 1.84. The molecule has 0 saturated carbocycles. The van der Waals surface area contributed by atoms with Crippen LogP contribution in [0, 0.1) is 13.8 Å². The van der Waals surface area contributed by atoms with Gasteiger partial charge in [0, 0.05) is 19.6 Å². The maximum Gasteiger partial charge on any atom is 0.119 e. The first-order chi connectivity index (χ1) is 9.17. The minimum Gasteiger partial charge on any atom is -0.491 e. The summed E-state index contributed by atoms with van der Waals surface area (Å²) in [6.07, 6.45) is 0.0844. The summed E-state index contributed by atoms with van der Waals surface area (Å²) in [4.78, 5) is 2.21. The number of aliphatic hydroxyl groups is 1. The molecule has 19 heavy (non-hydrogen) atoms. The fourth-order valence-corrected chi connectivity index (χ4v) is 2.43. The third-order valence-corrected chi connectivity index (χ3v) is 3.27. The Labute approximate surface area is 114 Å². The summed E-state index contributed by atoms with van der Waals surface area (Å²) >= 11 is 0. The van der Waals surface area contributed by atoms with Crippen molar-refractivity contribution in [2.75, 3.05) is 39.5 Å². The van der Waals surface area contributed by atoms with Crippen LogP contribution in [0.15, 0.2) is 18.2 Å². The van der Waals surface area contributed by atoms with E-state index in [9.17, 15) is 0 Å². The summed E-state index contributed by atoms with van der Waals surface area (Å²) < 4.78 is 11.5. The molecule has 1 aliphatic rings. The SMILES string of the molecule is Cc1cc(C)cc(OC[C@@H]2CN(CCO)CCO2)c1. The summed E-state index contributed by atoms with van der Waals surface area (Å²) in [6.45, 7) is 8.03. The summed E-state index contributed by atoms with van der Waals surface area (Å²) in [6, 6.07) is 6.22. The average molecular weight is 265 g/mol. The average Bonchev–Trinajstić information content (AvgIpc) is 2.36. The van der Waals surface area contributed by atoms with Crippen LogP contribution in [0.2, 0.25) is 0 Å². The third kappa shape index (κ3) is 4.49. The van der Waals surface area contributed by atoms with Crippen molar-refractivity contribution in [2.24, 2.45) is 0 Å². The van der Waals surface area contributed by atoms with Gasteiger partial charge in [-0.1, -0.05) is 6.07 Å². The molecule has 0 unspecified atom stereocenters. The highest BCUT2D eigenvalue weighted by atomic mass is 16.5. The lowest BCUT2D eigenvalue weighted by Crippen LogP contribution is -2.45. The number of nitrogens with zero attached hydrogens (tertiary/aromatic N) is 1. The second kappa shape index (κ2) is 6.89. The van der Waals surface area contributed by atoms with Gasteiger partial charge in [-0.25, -0.2) is 0 Å². The third-order valence-electron chi connectivity index (χ3n) is 3.27. The minimum atomic E-state index is 0.0844. The predicted molar refractivity (Wildman–Crippen MR) is 74.7 cm³/mol. The normalized spacial score (nSPS) is 20.5. The Kier molecular flexibility index (Phi) is 5.19. The minimum absolute atomic E-state index is 0.0844. The van der Waals surface area contributed by atoms with Crippen LogP contribution >= 0.6 is 0 Å². The second-order valence-corrected chi connectivity index (χ2v) is 5.15. The van der Waals surface area contributed by atoms with Crippen molar-refractivity contribution < 1.29 is 14.6 Å². The van der Waals surface area contributed by atoms with Crippen molar-refractivity contribution >= 4 is 0 Å². The molecule has 0 spiro atoms. The van der Waals surface area contributed by atoms with Crippen molar-refractivity contribution in [2.45, 2.75) is 20.0 Å². The molecule has 2 rings (SSSR count). The number of hydrogen-bond donors (Lipinski definition) is 1. The molecule has 1 aromatic rings. The number of benzene rings is 1. The molecule has 106 valence electrons. The molecule has 0 radical (unpaired) electrons. The number of aryl methyl sites for hydroxylation is 2. The first kappa shape index (κ1) is 14.3. The summed E-state index contributed by atoms with van der Waals surface area (Å²) in [5.74, 6) is 0.903. The van der Waals surface area contributed by atoms with Crippen molar-refractivity contribution in [1.82, 2.24) is 4.90 Å². The molecule has 1 atom stereocenters. The standard InChI is InChI=1S/C15H23NO3/c1-12-7-13(2)9-14(8-12)19-11-15-10-16(3-5-17)4-6-18-15/h7-9,15,17H,3-6,10-11H2,1-2H3/t15-/m0/s1. The molecule has 0 amide bonds. The fraction of sp³-hybridized carbons (Fsp3) is 0.600. The molecular formula is C15H23NO3. The van der Waals surface area contributed by atoms with Crippen molar-refractivity contribution in [1.29, 1.82) is 0 Å². The Morgan fingerprint density at radius 2 is 2.05 bits per heavy atom. The molecule has 0 aromatic heterocycles. The van der Waals surface area contributed by atoms with E-state index < -0.39 is 0 Å². The van der Waals surface area contributed by atoms with Gasteiger partial charge in [0.15, 0.2) is 0 Å². The number of aliphatic hydroxyl groups excluding tert-OH is 1. The van der Waals surface area contributed by atoms with Crippen LogP contribution in [0.1, 0.15) is 11.1 Å². The van der Waals surface area contributed by atoms with Gasteiger partial charge in [0.25, 0.3) is 0 Å². The molecule has 1 aliphatic heterocycles. The van der Waals surface area contributed by atoms with Gasteiger partial charge in [0.1, 0.15) is 18.5 Å². The lowest BCUT2D eigenvalue weighted by molar-refractivity contribution is -0.0508. The van der Waals surface area contributed by atoms with Crippen LogP contribution < -0.4 is 4.74 Å². The van der Waals surface area contributed by atoms with Crippen LogP contribution in [0.25, 0.3) is 0 Å². The van der Waals surface area contributed by atoms with Gasteiger partial charge in [0.05, 0.1) is 13.2 Å². The van der Waals surface area contributed by atoms with E-state index in [1.165, 1.54) is 11.1 Å². The summed E-state index contributed by atoms with van der Waals surface area (Å²) in [5.41, 5.74) is 2.42. The molecule has 4 heteroatoms. The maximum atomic E-state index is 8.96. The zero-order valence-corrected chi connectivity index (χ0v) is 11.8. The Morgan fingerprint density at radius 1 is 1.32 bits per heavy atom. The van der Waals surface area contributed by atoms with E-state index in [-0.39, 0.29) is 12.7 Å². The maximum absolute atomic E-state index is 8.96. The van der Waals surface area contributed by atoms with Crippen LogP contribution in [0.4, 0.5) is 0 Å². The Morgan fingerprint density at radius 3 is 2.74 bits per heavy atom. The molecule has 1 fully saturated rings. The highest BCUT2D eigenvalue weighted by molar-refractivity contribution is 5.32. The number of β-amino-alcohol motifs (C(OH)–C–C–N with tert-alkyl or cyclic N) is 1. The fourth-order valence-electron chi connectivity index (χ4n) is 2.43. The van der Waals surface area contributed by atoms with Crippen molar-refractivity contribution in [3.8, 4) is 5.75 Å². The van der Waals surface area contributed by atoms with Gasteiger partial charge in [-0.05, 0) is 37.1 Å². The summed E-state index contributed by atoms with van der Waals surface area (Å²) in [7, 11) is 0. The predicted octanol–water partition coefficient (Wildman–Crippen LogP) is 1.38. The molecule has 1 heterocycles.